The molecule has 6 heteroatoms. The van der Waals surface area contributed by atoms with Crippen LogP contribution in [0.15, 0.2) is 0 Å². The lowest BCUT2D eigenvalue weighted by atomic mass is 9.87. The standard InChI is InChI=1S/C20H39N5O.C2H6/c1-18(2)19-4-6-24(7-5-19)20(26)25-16-14-23(15-17-25)13-12-22-10-8-21(3)9-11-22;1-2/h18-19H,4-17H2,1-3H3;1-2H3. The van der Waals surface area contributed by atoms with Gasteiger partial charge < -0.3 is 14.7 Å². The lowest BCUT2D eigenvalue weighted by Gasteiger charge is -2.41. The van der Waals surface area contributed by atoms with E-state index < -0.39 is 0 Å². The molecular weight excluding hydrogens is 350 g/mol. The van der Waals surface area contributed by atoms with Crippen LogP contribution in [0.1, 0.15) is 40.5 Å². The number of piperidine rings is 1. The van der Waals surface area contributed by atoms with Crippen molar-refractivity contribution in [2.45, 2.75) is 40.5 Å². The van der Waals surface area contributed by atoms with Crippen molar-refractivity contribution in [2.75, 3.05) is 85.6 Å². The van der Waals surface area contributed by atoms with Gasteiger partial charge in [0.15, 0.2) is 0 Å². The lowest BCUT2D eigenvalue weighted by molar-refractivity contribution is 0.0868. The molecule has 3 aliphatic heterocycles. The van der Waals surface area contributed by atoms with E-state index in [0.717, 1.165) is 57.6 Å². The van der Waals surface area contributed by atoms with Crippen molar-refractivity contribution in [1.82, 2.24) is 24.5 Å². The molecule has 3 aliphatic rings. The molecule has 0 saturated carbocycles. The Morgan fingerprint density at radius 3 is 1.64 bits per heavy atom. The van der Waals surface area contributed by atoms with Crippen LogP contribution in [0.25, 0.3) is 0 Å². The Labute approximate surface area is 173 Å². The number of carbonyl (C=O) groups is 1. The first-order valence-corrected chi connectivity index (χ1v) is 11.7. The zero-order chi connectivity index (χ0) is 20.5. The Hall–Kier alpha value is -0.850. The van der Waals surface area contributed by atoms with Gasteiger partial charge in [0.25, 0.3) is 0 Å². The summed E-state index contributed by atoms with van der Waals surface area (Å²) in [6.07, 6.45) is 2.35. The molecule has 6 nitrogen and oxygen atoms in total. The van der Waals surface area contributed by atoms with E-state index in [1.807, 2.05) is 13.8 Å². The van der Waals surface area contributed by atoms with Gasteiger partial charge in [-0.25, -0.2) is 4.79 Å². The number of rotatable bonds is 4. The Morgan fingerprint density at radius 1 is 0.750 bits per heavy atom. The van der Waals surface area contributed by atoms with Crippen molar-refractivity contribution < 1.29 is 4.79 Å². The van der Waals surface area contributed by atoms with Crippen LogP contribution in [0.4, 0.5) is 4.79 Å². The highest BCUT2D eigenvalue weighted by Gasteiger charge is 2.29. The highest BCUT2D eigenvalue weighted by Crippen LogP contribution is 2.25. The van der Waals surface area contributed by atoms with Crippen molar-refractivity contribution in [1.29, 1.82) is 0 Å². The smallest absolute Gasteiger partial charge is 0.320 e. The van der Waals surface area contributed by atoms with Crippen LogP contribution in [-0.2, 0) is 0 Å². The first kappa shape index (κ1) is 23.4. The van der Waals surface area contributed by atoms with E-state index in [4.69, 9.17) is 0 Å². The summed E-state index contributed by atoms with van der Waals surface area (Å²) < 4.78 is 0. The van der Waals surface area contributed by atoms with E-state index in [9.17, 15) is 4.79 Å². The first-order valence-electron chi connectivity index (χ1n) is 11.7. The van der Waals surface area contributed by atoms with E-state index in [2.05, 4.69) is 45.4 Å². The second-order valence-electron chi connectivity index (χ2n) is 8.82. The number of hydrogen-bond acceptors (Lipinski definition) is 4. The topological polar surface area (TPSA) is 33.3 Å². The summed E-state index contributed by atoms with van der Waals surface area (Å²) in [5.41, 5.74) is 0. The molecule has 0 unspecified atom stereocenters. The maximum Gasteiger partial charge on any atom is 0.320 e. The number of nitrogens with zero attached hydrogens (tertiary/aromatic N) is 5. The minimum atomic E-state index is 0.283. The molecule has 0 aromatic carbocycles. The number of amides is 2. The van der Waals surface area contributed by atoms with Gasteiger partial charge in [0.1, 0.15) is 0 Å². The number of hydrogen-bond donors (Lipinski definition) is 0. The van der Waals surface area contributed by atoms with Crippen LogP contribution in [0.5, 0.6) is 0 Å². The Morgan fingerprint density at radius 2 is 1.18 bits per heavy atom. The summed E-state index contributed by atoms with van der Waals surface area (Å²) in [7, 11) is 2.21. The zero-order valence-electron chi connectivity index (χ0n) is 19.2. The van der Waals surface area contributed by atoms with Gasteiger partial charge in [-0.05, 0) is 31.7 Å². The average molecular weight is 396 g/mol. The molecule has 0 aliphatic carbocycles. The fourth-order valence-corrected chi connectivity index (χ4v) is 4.47. The van der Waals surface area contributed by atoms with Crippen LogP contribution < -0.4 is 0 Å². The van der Waals surface area contributed by atoms with Gasteiger partial charge in [-0.1, -0.05) is 27.7 Å². The van der Waals surface area contributed by atoms with Crippen molar-refractivity contribution in [3.05, 3.63) is 0 Å². The number of likely N-dealkylation sites (tertiary alicyclic amines) is 1. The predicted molar refractivity (Wildman–Crippen MR) is 118 cm³/mol. The molecule has 0 radical (unpaired) electrons. The number of piperazine rings is 2. The highest BCUT2D eigenvalue weighted by atomic mass is 16.2. The summed E-state index contributed by atoms with van der Waals surface area (Å²) in [5, 5.41) is 0. The largest absolute Gasteiger partial charge is 0.325 e. The van der Waals surface area contributed by atoms with Crippen molar-refractivity contribution in [3.63, 3.8) is 0 Å². The second kappa shape index (κ2) is 12.0. The van der Waals surface area contributed by atoms with Crippen LogP contribution in [-0.4, -0.2) is 116 Å². The molecule has 0 aromatic rings. The van der Waals surface area contributed by atoms with Crippen LogP contribution in [0.3, 0.4) is 0 Å². The summed E-state index contributed by atoms with van der Waals surface area (Å²) in [6, 6.07) is 0.283. The number of likely N-dealkylation sites (N-methyl/N-ethyl adjacent to an activating group) is 1. The molecule has 3 rings (SSSR count). The average Bonchev–Trinajstić information content (AvgIpc) is 2.75. The molecule has 0 atom stereocenters. The lowest BCUT2D eigenvalue weighted by Crippen LogP contribution is -2.55. The predicted octanol–water partition coefficient (Wildman–Crippen LogP) is 2.37. The van der Waals surface area contributed by atoms with E-state index in [-0.39, 0.29) is 6.03 Å². The zero-order valence-corrected chi connectivity index (χ0v) is 19.2. The summed E-state index contributed by atoms with van der Waals surface area (Å²) in [5.74, 6) is 1.54. The Bertz CT molecular complexity index is 434. The third kappa shape index (κ3) is 6.89. The summed E-state index contributed by atoms with van der Waals surface area (Å²) in [4.78, 5) is 24.5. The van der Waals surface area contributed by atoms with Gasteiger partial charge >= 0.3 is 6.03 Å². The Kier molecular flexibility index (Phi) is 10.0. The molecule has 2 amide bonds. The minimum Gasteiger partial charge on any atom is -0.325 e. The molecule has 164 valence electrons. The molecule has 3 heterocycles. The normalized spacial score (nSPS) is 23.6. The molecule has 0 bridgehead atoms. The van der Waals surface area contributed by atoms with Gasteiger partial charge in [-0.15, -0.1) is 0 Å². The Balaban J connectivity index is 0.00000136. The van der Waals surface area contributed by atoms with Crippen molar-refractivity contribution in [2.24, 2.45) is 11.8 Å². The molecular formula is C22H45N5O. The molecule has 0 aromatic heterocycles. The maximum absolute atomic E-state index is 12.8. The summed E-state index contributed by atoms with van der Waals surface area (Å²) >= 11 is 0. The van der Waals surface area contributed by atoms with Crippen LogP contribution >= 0.6 is 0 Å². The third-order valence-electron chi connectivity index (χ3n) is 6.72. The van der Waals surface area contributed by atoms with Gasteiger partial charge in [-0.3, -0.25) is 9.80 Å². The number of urea groups is 1. The quantitative estimate of drug-likeness (QED) is 0.732. The molecule has 3 saturated heterocycles. The van der Waals surface area contributed by atoms with Crippen LogP contribution in [0, 0.1) is 11.8 Å². The van der Waals surface area contributed by atoms with Gasteiger partial charge in [-0.2, -0.15) is 0 Å². The SMILES string of the molecule is CC.CC(C)C1CCN(C(=O)N2CCN(CCN3CCN(C)CC3)CC2)CC1. The van der Waals surface area contributed by atoms with E-state index in [0.29, 0.717) is 0 Å². The molecule has 3 fully saturated rings. The van der Waals surface area contributed by atoms with Gasteiger partial charge in [0, 0.05) is 78.5 Å². The van der Waals surface area contributed by atoms with E-state index >= 15 is 0 Å². The fraction of sp³-hybridized carbons (Fsp3) is 0.955. The minimum absolute atomic E-state index is 0.283. The molecule has 0 spiro atoms. The van der Waals surface area contributed by atoms with Crippen molar-refractivity contribution in [3.8, 4) is 0 Å². The summed E-state index contributed by atoms with van der Waals surface area (Å²) in [6.45, 7) is 21.5. The molecule has 28 heavy (non-hydrogen) atoms. The van der Waals surface area contributed by atoms with Crippen molar-refractivity contribution >= 4 is 6.03 Å². The van der Waals surface area contributed by atoms with Crippen LogP contribution in [0.2, 0.25) is 0 Å². The number of carbonyl (C=O) groups excluding carboxylic acids is 1. The van der Waals surface area contributed by atoms with E-state index in [1.54, 1.807) is 0 Å². The van der Waals surface area contributed by atoms with Gasteiger partial charge in [0.05, 0.1) is 0 Å². The van der Waals surface area contributed by atoms with E-state index in [1.165, 1.54) is 45.6 Å². The third-order valence-corrected chi connectivity index (χ3v) is 6.72. The van der Waals surface area contributed by atoms with Gasteiger partial charge in [0.2, 0.25) is 0 Å². The monoisotopic (exact) mass is 395 g/mol. The second-order valence-corrected chi connectivity index (χ2v) is 8.82. The highest BCUT2D eigenvalue weighted by molar-refractivity contribution is 5.74. The molecule has 0 N–H and O–H groups in total. The fourth-order valence-electron chi connectivity index (χ4n) is 4.47. The maximum atomic E-state index is 12.8. The first-order chi connectivity index (χ1) is 13.5.